The Bertz CT molecular complexity index is 1410. The molecule has 188 valence electrons. The number of aromatic nitrogens is 5. The number of benzene rings is 2. The van der Waals surface area contributed by atoms with Gasteiger partial charge in [-0.3, -0.25) is 9.89 Å². The molecular weight excluding hydrogens is 486 g/mol. The van der Waals surface area contributed by atoms with Crippen molar-refractivity contribution < 1.29 is 19.0 Å². The topological polar surface area (TPSA) is 128 Å². The molecule has 0 spiro atoms. The zero-order valence-electron chi connectivity index (χ0n) is 20.1. The summed E-state index contributed by atoms with van der Waals surface area (Å²) in [7, 11) is 3.32. The molecule has 0 saturated carbocycles. The van der Waals surface area contributed by atoms with Gasteiger partial charge in [-0.25, -0.2) is 4.68 Å². The molecule has 11 nitrogen and oxygen atoms in total. The number of nitrogens with zero attached hydrogens (tertiary/aromatic N) is 4. The van der Waals surface area contributed by atoms with Crippen LogP contribution in [0.2, 0.25) is 5.02 Å². The Hall–Kier alpha value is -3.83. The molecular formula is C24H26ClN7O4. The number of hydrogen-bond donors (Lipinski definition) is 3. The number of carbonyl (C=O) groups is 1. The van der Waals surface area contributed by atoms with Gasteiger partial charge >= 0.3 is 0 Å². The van der Waals surface area contributed by atoms with Crippen molar-refractivity contribution in [2.45, 2.75) is 18.9 Å². The van der Waals surface area contributed by atoms with Crippen molar-refractivity contribution in [3.63, 3.8) is 0 Å². The average molecular weight is 512 g/mol. The van der Waals surface area contributed by atoms with E-state index in [0.717, 1.165) is 22.9 Å². The molecule has 1 atom stereocenters. The predicted molar refractivity (Wildman–Crippen MR) is 135 cm³/mol. The summed E-state index contributed by atoms with van der Waals surface area (Å²) in [6.07, 6.45) is 2.45. The predicted octanol–water partition coefficient (Wildman–Crippen LogP) is 3.44. The summed E-state index contributed by atoms with van der Waals surface area (Å²) >= 11 is 6.53. The smallest absolute Gasteiger partial charge is 0.258 e. The highest BCUT2D eigenvalue weighted by atomic mass is 35.5. The molecule has 2 aromatic heterocycles. The lowest BCUT2D eigenvalue weighted by Gasteiger charge is -2.23. The minimum absolute atomic E-state index is 0.136. The Morgan fingerprint density at radius 1 is 1.31 bits per heavy atom. The van der Waals surface area contributed by atoms with Crippen molar-refractivity contribution >= 4 is 40.0 Å². The molecule has 0 radical (unpaired) electrons. The summed E-state index contributed by atoms with van der Waals surface area (Å²) < 4.78 is 18.2. The van der Waals surface area contributed by atoms with Crippen LogP contribution in [-0.2, 0) is 16.6 Å². The summed E-state index contributed by atoms with van der Waals surface area (Å²) in [5.41, 5.74) is 1.89. The quantitative estimate of drug-likeness (QED) is 0.328. The lowest BCUT2D eigenvalue weighted by atomic mass is 10.0. The number of rotatable bonds is 8. The van der Waals surface area contributed by atoms with E-state index in [9.17, 15) is 4.79 Å². The van der Waals surface area contributed by atoms with Gasteiger partial charge in [-0.2, -0.15) is 10.1 Å². The van der Waals surface area contributed by atoms with Crippen LogP contribution in [0.3, 0.4) is 0 Å². The van der Waals surface area contributed by atoms with Gasteiger partial charge in [0.2, 0.25) is 5.95 Å². The summed E-state index contributed by atoms with van der Waals surface area (Å²) in [4.78, 5) is 17.0. The van der Waals surface area contributed by atoms with Crippen LogP contribution >= 0.6 is 11.6 Å². The molecule has 1 fully saturated rings. The van der Waals surface area contributed by atoms with Crippen molar-refractivity contribution in [1.29, 1.82) is 0 Å². The largest absolute Gasteiger partial charge is 0.493 e. The van der Waals surface area contributed by atoms with E-state index >= 15 is 0 Å². The van der Waals surface area contributed by atoms with E-state index in [2.05, 4.69) is 30.9 Å². The van der Waals surface area contributed by atoms with E-state index in [1.165, 1.54) is 7.11 Å². The maximum absolute atomic E-state index is 12.4. The fourth-order valence-electron chi connectivity index (χ4n) is 4.02. The fraction of sp³-hybridized carbons (Fsp3) is 0.333. The molecule has 1 amide bonds. The first-order chi connectivity index (χ1) is 17.3. The summed E-state index contributed by atoms with van der Waals surface area (Å²) in [5.74, 6) is 1.68. The number of methoxy groups -OCH3 is 1. The van der Waals surface area contributed by atoms with Gasteiger partial charge in [-0.15, -0.1) is 5.10 Å². The second kappa shape index (κ2) is 9.67. The van der Waals surface area contributed by atoms with Gasteiger partial charge in [0.25, 0.3) is 5.91 Å². The van der Waals surface area contributed by atoms with E-state index in [4.69, 9.17) is 25.8 Å². The highest BCUT2D eigenvalue weighted by molar-refractivity contribution is 6.38. The van der Waals surface area contributed by atoms with Crippen LogP contribution in [0, 0.1) is 0 Å². The van der Waals surface area contributed by atoms with E-state index in [1.54, 1.807) is 30.1 Å². The van der Waals surface area contributed by atoms with Crippen LogP contribution in [0.5, 0.6) is 11.5 Å². The van der Waals surface area contributed by atoms with Gasteiger partial charge in [0.05, 0.1) is 41.7 Å². The number of ether oxygens (including phenoxy) is 3. The first kappa shape index (κ1) is 23.9. The van der Waals surface area contributed by atoms with Gasteiger partial charge in [0.15, 0.2) is 23.9 Å². The third-order valence-electron chi connectivity index (χ3n) is 6.01. The van der Waals surface area contributed by atoms with Crippen LogP contribution in [0.25, 0.3) is 22.3 Å². The van der Waals surface area contributed by atoms with Gasteiger partial charge in [-0.1, -0.05) is 11.6 Å². The lowest BCUT2D eigenvalue weighted by molar-refractivity contribution is -0.124. The van der Waals surface area contributed by atoms with Gasteiger partial charge in [0, 0.05) is 24.6 Å². The number of aromatic amines is 1. The Labute approximate surface area is 212 Å². The number of fused-ring (bicyclic) bond motifs is 1. The number of hydrogen-bond acceptors (Lipinski definition) is 8. The maximum Gasteiger partial charge on any atom is 0.258 e. The molecule has 0 aliphatic carbocycles. The first-order valence-electron chi connectivity index (χ1n) is 11.3. The fourth-order valence-corrected chi connectivity index (χ4v) is 4.28. The molecule has 3 N–H and O–H groups in total. The second-order valence-electron chi connectivity index (χ2n) is 8.83. The number of halogens is 1. The lowest BCUT2D eigenvalue weighted by Crippen LogP contribution is -2.48. The molecule has 4 aromatic rings. The van der Waals surface area contributed by atoms with Crippen molar-refractivity contribution in [3.05, 3.63) is 41.6 Å². The molecule has 1 aliphatic heterocycles. The molecule has 1 aliphatic rings. The van der Waals surface area contributed by atoms with Crippen LogP contribution in [0.4, 0.5) is 11.6 Å². The molecule has 12 heteroatoms. The zero-order chi connectivity index (χ0) is 25.3. The van der Waals surface area contributed by atoms with Gasteiger partial charge < -0.3 is 24.8 Å². The van der Waals surface area contributed by atoms with E-state index in [0.29, 0.717) is 47.2 Å². The molecule has 3 heterocycles. The third kappa shape index (κ3) is 4.79. The SMILES string of the molecule is COc1cc(-c2nc(Nc3ccc4[nH]ncc4c3Cl)n(C)n2)ccc1OCC(=O)NC1(C)CCOC1. The first-order valence-corrected chi connectivity index (χ1v) is 11.7. The van der Waals surface area contributed by atoms with Gasteiger partial charge in [0.1, 0.15) is 0 Å². The summed E-state index contributed by atoms with van der Waals surface area (Å²) in [6.45, 7) is 2.95. The molecule has 0 bridgehead atoms. The Morgan fingerprint density at radius 3 is 2.94 bits per heavy atom. The second-order valence-corrected chi connectivity index (χ2v) is 9.21. The average Bonchev–Trinajstić information content (AvgIpc) is 3.60. The maximum atomic E-state index is 12.4. The molecule has 1 saturated heterocycles. The van der Waals surface area contributed by atoms with Gasteiger partial charge in [-0.05, 0) is 43.7 Å². The Balaban J connectivity index is 1.30. The third-order valence-corrected chi connectivity index (χ3v) is 6.42. The monoisotopic (exact) mass is 511 g/mol. The van der Waals surface area contributed by atoms with E-state index < -0.39 is 0 Å². The highest BCUT2D eigenvalue weighted by Gasteiger charge is 2.31. The zero-order valence-corrected chi connectivity index (χ0v) is 20.8. The number of carbonyl (C=O) groups excluding carboxylic acids is 1. The van der Waals surface area contributed by atoms with Crippen LogP contribution in [0.15, 0.2) is 36.5 Å². The molecule has 5 rings (SSSR count). The Kier molecular flexibility index (Phi) is 6.42. The normalized spacial score (nSPS) is 17.3. The van der Waals surface area contributed by atoms with Crippen LogP contribution in [0.1, 0.15) is 13.3 Å². The molecule has 2 aromatic carbocycles. The molecule has 36 heavy (non-hydrogen) atoms. The summed E-state index contributed by atoms with van der Waals surface area (Å²) in [6, 6.07) is 9.05. The number of amides is 1. The standard InChI is InChI=1S/C24H26ClN7O4/c1-24(8-9-35-13-24)29-20(33)12-36-18-7-4-14(10-19(18)34-3)22-28-23(32(2)31-22)27-17-6-5-16-15(21(17)25)11-26-30-16/h4-7,10-11H,8-9,12-13H2,1-3H3,(H,26,30)(H,29,33)(H,27,28,31). The van der Waals surface area contributed by atoms with Crippen LogP contribution < -0.4 is 20.1 Å². The van der Waals surface area contributed by atoms with Crippen molar-refractivity contribution in [1.82, 2.24) is 30.3 Å². The number of H-pyrrole nitrogens is 1. The highest BCUT2D eigenvalue weighted by Crippen LogP contribution is 2.34. The van der Waals surface area contributed by atoms with Crippen LogP contribution in [-0.4, -0.2) is 63.3 Å². The minimum atomic E-state index is -0.362. The number of nitrogens with one attached hydrogen (secondary N) is 3. The van der Waals surface area contributed by atoms with Crippen molar-refractivity contribution in [2.75, 3.05) is 32.2 Å². The number of anilines is 2. The number of aryl methyl sites for hydroxylation is 1. The van der Waals surface area contributed by atoms with E-state index in [1.807, 2.05) is 25.1 Å². The molecule has 1 unspecified atom stereocenters. The Morgan fingerprint density at radius 2 is 2.17 bits per heavy atom. The summed E-state index contributed by atoms with van der Waals surface area (Å²) in [5, 5.41) is 19.0. The van der Waals surface area contributed by atoms with Crippen molar-refractivity contribution in [2.24, 2.45) is 7.05 Å². The van der Waals surface area contributed by atoms with Crippen molar-refractivity contribution in [3.8, 4) is 22.9 Å². The van der Waals surface area contributed by atoms with E-state index in [-0.39, 0.29) is 18.1 Å². The minimum Gasteiger partial charge on any atom is -0.493 e.